The summed E-state index contributed by atoms with van der Waals surface area (Å²) >= 11 is 0. The van der Waals surface area contributed by atoms with Crippen molar-refractivity contribution in [3.05, 3.63) is 90.2 Å². The molecule has 42 heavy (non-hydrogen) atoms. The van der Waals surface area contributed by atoms with Crippen molar-refractivity contribution in [1.82, 2.24) is 10.2 Å². The molecule has 2 amide bonds. The van der Waals surface area contributed by atoms with Crippen LogP contribution in [0, 0.1) is 5.82 Å². The third-order valence-corrected chi connectivity index (χ3v) is 9.36. The Morgan fingerprint density at radius 3 is 2.19 bits per heavy atom. The Morgan fingerprint density at radius 1 is 0.952 bits per heavy atom. The van der Waals surface area contributed by atoms with E-state index in [2.05, 4.69) is 5.32 Å². The van der Waals surface area contributed by atoms with Crippen molar-refractivity contribution in [2.75, 3.05) is 18.0 Å². The van der Waals surface area contributed by atoms with Crippen molar-refractivity contribution >= 4 is 27.5 Å². The van der Waals surface area contributed by atoms with Crippen LogP contribution in [0.2, 0.25) is 0 Å². The maximum absolute atomic E-state index is 14.1. The first-order valence-electron chi connectivity index (χ1n) is 14.3. The lowest BCUT2D eigenvalue weighted by molar-refractivity contribution is -0.140. The van der Waals surface area contributed by atoms with Crippen LogP contribution in [0.4, 0.5) is 10.1 Å². The molecule has 0 aliphatic heterocycles. The molecule has 0 heterocycles. The largest absolute Gasteiger partial charge is 0.497 e. The molecule has 8 nitrogen and oxygen atoms in total. The quantitative estimate of drug-likeness (QED) is 0.307. The van der Waals surface area contributed by atoms with E-state index in [1.807, 2.05) is 19.1 Å². The number of methoxy groups -OCH3 is 1. The predicted molar refractivity (Wildman–Crippen MR) is 160 cm³/mol. The fourth-order valence-corrected chi connectivity index (χ4v) is 6.66. The molecular formula is C32H38FN3O5S. The lowest BCUT2D eigenvalue weighted by Crippen LogP contribution is -2.54. The van der Waals surface area contributed by atoms with Gasteiger partial charge in [0.2, 0.25) is 11.8 Å². The van der Waals surface area contributed by atoms with Crippen LogP contribution in [-0.4, -0.2) is 50.9 Å². The van der Waals surface area contributed by atoms with Crippen LogP contribution in [-0.2, 0) is 26.2 Å². The highest BCUT2D eigenvalue weighted by atomic mass is 32.2. The van der Waals surface area contributed by atoms with E-state index >= 15 is 0 Å². The molecule has 224 valence electrons. The van der Waals surface area contributed by atoms with E-state index in [1.165, 1.54) is 17.0 Å². The number of hydrogen-bond acceptors (Lipinski definition) is 5. The molecule has 1 fully saturated rings. The molecular weight excluding hydrogens is 557 g/mol. The van der Waals surface area contributed by atoms with Crippen LogP contribution in [0.25, 0.3) is 0 Å². The molecule has 1 aliphatic carbocycles. The van der Waals surface area contributed by atoms with Gasteiger partial charge in [-0.25, -0.2) is 12.8 Å². The Labute approximate surface area is 247 Å². The second-order valence-electron chi connectivity index (χ2n) is 10.4. The standard InChI is InChI=1S/C32H38FN3O5S/c1-3-30(32(38)34-26-10-6-4-7-11-26)35(22-24-14-18-28(41-2)19-15-24)31(37)23-36(27-12-8-5-9-13-27)42(39,40)29-20-16-25(33)17-21-29/h5,8-9,12-21,26,30H,3-4,6-7,10-11,22-23H2,1-2H3,(H,34,38)/t30-/m0/s1. The van der Waals surface area contributed by atoms with Gasteiger partial charge in [0, 0.05) is 12.6 Å². The summed E-state index contributed by atoms with van der Waals surface area (Å²) in [5.74, 6) is -0.707. The Hall–Kier alpha value is -3.92. The number of hydrogen-bond donors (Lipinski definition) is 1. The zero-order valence-corrected chi connectivity index (χ0v) is 24.9. The molecule has 0 spiro atoms. The molecule has 4 rings (SSSR count). The predicted octanol–water partition coefficient (Wildman–Crippen LogP) is 5.29. The molecule has 0 bridgehead atoms. The van der Waals surface area contributed by atoms with Crippen molar-refractivity contribution < 1.29 is 27.1 Å². The first kappa shape index (κ1) is 31.0. The summed E-state index contributed by atoms with van der Waals surface area (Å²) in [7, 11) is -2.69. The molecule has 10 heteroatoms. The summed E-state index contributed by atoms with van der Waals surface area (Å²) in [6.07, 6.45) is 5.37. The minimum atomic E-state index is -4.25. The van der Waals surface area contributed by atoms with Gasteiger partial charge in [-0.2, -0.15) is 0 Å². The van der Waals surface area contributed by atoms with Crippen LogP contribution in [0.1, 0.15) is 51.0 Å². The molecule has 1 saturated carbocycles. The maximum Gasteiger partial charge on any atom is 0.264 e. The van der Waals surface area contributed by atoms with Crippen molar-refractivity contribution in [2.45, 2.75) is 69.0 Å². The van der Waals surface area contributed by atoms with E-state index in [4.69, 9.17) is 4.74 Å². The number of carbonyl (C=O) groups is 2. The van der Waals surface area contributed by atoms with E-state index in [9.17, 15) is 22.4 Å². The summed E-state index contributed by atoms with van der Waals surface area (Å²) in [6.45, 7) is 1.38. The highest BCUT2D eigenvalue weighted by molar-refractivity contribution is 7.92. The van der Waals surface area contributed by atoms with Crippen molar-refractivity contribution in [1.29, 1.82) is 0 Å². The third kappa shape index (κ3) is 7.67. The lowest BCUT2D eigenvalue weighted by atomic mass is 9.95. The molecule has 1 aliphatic rings. The number of rotatable bonds is 12. The summed E-state index contributed by atoms with van der Waals surface area (Å²) in [4.78, 5) is 29.0. The molecule has 3 aromatic rings. The van der Waals surface area contributed by atoms with Crippen LogP contribution in [0.5, 0.6) is 5.75 Å². The van der Waals surface area contributed by atoms with E-state index < -0.39 is 34.3 Å². The van der Waals surface area contributed by atoms with Crippen molar-refractivity contribution in [2.24, 2.45) is 0 Å². The first-order chi connectivity index (χ1) is 20.2. The number of para-hydroxylation sites is 1. The molecule has 3 aromatic carbocycles. The van der Waals surface area contributed by atoms with Gasteiger partial charge < -0.3 is 15.0 Å². The van der Waals surface area contributed by atoms with Gasteiger partial charge in [0.25, 0.3) is 10.0 Å². The van der Waals surface area contributed by atoms with Gasteiger partial charge in [0.05, 0.1) is 17.7 Å². The van der Waals surface area contributed by atoms with Gasteiger partial charge in [-0.3, -0.25) is 13.9 Å². The Morgan fingerprint density at radius 2 is 1.60 bits per heavy atom. The number of carbonyl (C=O) groups excluding carboxylic acids is 2. The van der Waals surface area contributed by atoms with E-state index in [-0.39, 0.29) is 29.1 Å². The normalized spacial score (nSPS) is 14.5. The van der Waals surface area contributed by atoms with E-state index in [1.54, 1.807) is 49.6 Å². The number of benzene rings is 3. The maximum atomic E-state index is 14.1. The van der Waals surface area contributed by atoms with Gasteiger partial charge in [-0.15, -0.1) is 0 Å². The summed E-state index contributed by atoms with van der Waals surface area (Å²) in [5.41, 5.74) is 1.04. The average molecular weight is 596 g/mol. The van der Waals surface area contributed by atoms with Crippen LogP contribution < -0.4 is 14.4 Å². The number of amides is 2. The molecule has 0 aromatic heterocycles. The summed E-state index contributed by atoms with van der Waals surface area (Å²) in [6, 6.07) is 19.2. The lowest BCUT2D eigenvalue weighted by Gasteiger charge is -2.34. The summed E-state index contributed by atoms with van der Waals surface area (Å²) < 4.78 is 47.5. The number of nitrogens with zero attached hydrogens (tertiary/aromatic N) is 2. The highest BCUT2D eigenvalue weighted by Gasteiger charge is 2.34. The Kier molecular flexibility index (Phi) is 10.6. The monoisotopic (exact) mass is 595 g/mol. The van der Waals surface area contributed by atoms with Crippen molar-refractivity contribution in [3.63, 3.8) is 0 Å². The molecule has 0 unspecified atom stereocenters. The second kappa shape index (κ2) is 14.3. The zero-order chi connectivity index (χ0) is 30.1. The molecule has 1 N–H and O–H groups in total. The minimum Gasteiger partial charge on any atom is -0.497 e. The number of halogens is 1. The zero-order valence-electron chi connectivity index (χ0n) is 24.0. The minimum absolute atomic E-state index is 0.0536. The Balaban J connectivity index is 1.68. The van der Waals surface area contributed by atoms with Gasteiger partial charge in [-0.1, -0.05) is 56.5 Å². The fraction of sp³-hybridized carbons (Fsp3) is 0.375. The second-order valence-corrected chi connectivity index (χ2v) is 12.3. The smallest absolute Gasteiger partial charge is 0.264 e. The number of sulfonamides is 1. The highest BCUT2D eigenvalue weighted by Crippen LogP contribution is 2.25. The van der Waals surface area contributed by atoms with Gasteiger partial charge >= 0.3 is 0 Å². The van der Waals surface area contributed by atoms with Crippen LogP contribution in [0.3, 0.4) is 0 Å². The number of ether oxygens (including phenoxy) is 1. The number of nitrogens with one attached hydrogen (secondary N) is 1. The van der Waals surface area contributed by atoms with Gasteiger partial charge in [-0.05, 0) is 73.4 Å². The van der Waals surface area contributed by atoms with Crippen molar-refractivity contribution in [3.8, 4) is 5.75 Å². The third-order valence-electron chi connectivity index (χ3n) is 7.57. The average Bonchev–Trinajstić information content (AvgIpc) is 3.01. The molecule has 1 atom stereocenters. The SMILES string of the molecule is CC[C@@H](C(=O)NC1CCCCC1)N(Cc1ccc(OC)cc1)C(=O)CN(c1ccccc1)S(=O)(=O)c1ccc(F)cc1. The van der Waals surface area contributed by atoms with Gasteiger partial charge in [0.1, 0.15) is 24.2 Å². The van der Waals surface area contributed by atoms with Crippen LogP contribution in [0.15, 0.2) is 83.8 Å². The van der Waals surface area contributed by atoms with E-state index in [0.717, 1.165) is 54.1 Å². The topological polar surface area (TPSA) is 96.0 Å². The Bertz CT molecular complexity index is 1430. The van der Waals surface area contributed by atoms with E-state index in [0.29, 0.717) is 12.2 Å². The van der Waals surface area contributed by atoms with Gasteiger partial charge in [0.15, 0.2) is 0 Å². The fourth-order valence-electron chi connectivity index (χ4n) is 5.25. The molecule has 0 radical (unpaired) electrons. The molecule has 0 saturated heterocycles. The number of anilines is 1. The van der Waals surface area contributed by atoms with Crippen LogP contribution >= 0.6 is 0 Å². The first-order valence-corrected chi connectivity index (χ1v) is 15.7. The summed E-state index contributed by atoms with van der Waals surface area (Å²) in [5, 5.41) is 3.14.